The van der Waals surface area contributed by atoms with Crippen molar-refractivity contribution in [2.45, 2.75) is 31.8 Å². The van der Waals surface area contributed by atoms with E-state index in [0.717, 1.165) is 17.7 Å². The molecular weight excluding hydrogens is 409 g/mol. The first kappa shape index (κ1) is 23.2. The summed E-state index contributed by atoms with van der Waals surface area (Å²) in [6.45, 7) is -0.986. The largest absolute Gasteiger partial charge is 0.426 e. The fourth-order valence-corrected chi connectivity index (χ4v) is 3.77. The van der Waals surface area contributed by atoms with E-state index in [1.807, 2.05) is 24.3 Å². The number of rotatable bonds is 6. The number of amides is 2. The Morgan fingerprint density at radius 2 is 2.14 bits per heavy atom. The number of alkyl halides is 2. The molecule has 11 heteroatoms. The monoisotopic (exact) mass is 432 g/mol. The van der Waals surface area contributed by atoms with E-state index in [4.69, 9.17) is 18.3 Å². The van der Waals surface area contributed by atoms with Crippen molar-refractivity contribution >= 4 is 20.9 Å². The van der Waals surface area contributed by atoms with E-state index in [2.05, 4.69) is 5.32 Å². The number of para-hydroxylation sites is 1. The number of carbonyl (C=O) groups excluding carboxylic acids is 2. The molecule has 2 aliphatic rings. The van der Waals surface area contributed by atoms with E-state index in [0.29, 0.717) is 25.9 Å². The molecule has 0 aromatic heterocycles. The van der Waals surface area contributed by atoms with Gasteiger partial charge in [-0.25, -0.2) is 13.6 Å². The first-order valence-electron chi connectivity index (χ1n) is 8.84. The number of ether oxygens (including phenoxy) is 1. The quantitative estimate of drug-likeness (QED) is 0.420. The first-order valence-corrected chi connectivity index (χ1v) is 9.93. The van der Waals surface area contributed by atoms with Crippen molar-refractivity contribution in [2.24, 2.45) is 0 Å². The highest BCUT2D eigenvalue weighted by Crippen LogP contribution is 2.47. The number of allylic oxidation sites excluding steroid dienone is 1. The molecule has 2 aliphatic heterocycles. The Balaban J connectivity index is 0.000000941. The second-order valence-electron chi connectivity index (χ2n) is 5.82. The van der Waals surface area contributed by atoms with Crippen LogP contribution in [0.4, 0.5) is 13.6 Å². The van der Waals surface area contributed by atoms with E-state index in [9.17, 15) is 18.4 Å². The van der Waals surface area contributed by atoms with Crippen LogP contribution >= 0.6 is 8.60 Å². The number of carbonyl (C=O) groups is 2. The van der Waals surface area contributed by atoms with Gasteiger partial charge in [0, 0.05) is 18.8 Å². The molecule has 1 saturated heterocycles. The molecule has 0 spiro atoms. The molecule has 1 aromatic rings. The Morgan fingerprint density at radius 1 is 1.38 bits per heavy atom. The number of nitrogens with one attached hydrogen (secondary N) is 1. The van der Waals surface area contributed by atoms with Crippen molar-refractivity contribution in [1.29, 1.82) is 0 Å². The smallest absolute Gasteiger partial charge is 0.397 e. The predicted octanol–water partition coefficient (Wildman–Crippen LogP) is 3.58. The van der Waals surface area contributed by atoms with Gasteiger partial charge in [-0.05, 0) is 25.0 Å². The number of hydrogen-bond donors (Lipinski definition) is 1. The summed E-state index contributed by atoms with van der Waals surface area (Å²) in [4.78, 5) is 23.8. The Labute approximate surface area is 168 Å². The molecule has 2 heterocycles. The minimum atomic E-state index is -1.75. The molecule has 3 rings (SSSR count). The van der Waals surface area contributed by atoms with Crippen molar-refractivity contribution in [3.8, 4) is 5.75 Å². The standard InChI is InChI=1S/C17H21N2O6P.CH2F2/c1-18-17(21)19(9-4-10-20)16-8-7-14(24-16)12-23-26-22-11-13-5-2-3-6-15(13)25-26;2-1-3/h2-6,9-10,14,16H,7-8,11-12H2,1H3,(H,18,21);1H2/b9-4-;. The number of benzene rings is 1. The van der Waals surface area contributed by atoms with Gasteiger partial charge in [-0.15, -0.1) is 0 Å². The molecule has 2 amide bonds. The lowest BCUT2D eigenvalue weighted by Gasteiger charge is -2.26. The summed E-state index contributed by atoms with van der Waals surface area (Å²) in [5.41, 5.74) is 0.996. The van der Waals surface area contributed by atoms with Gasteiger partial charge in [0.1, 0.15) is 18.3 Å². The van der Waals surface area contributed by atoms with Crippen LogP contribution in [0.1, 0.15) is 18.4 Å². The predicted molar refractivity (Wildman–Crippen MR) is 101 cm³/mol. The molecule has 1 N–H and O–H groups in total. The van der Waals surface area contributed by atoms with Gasteiger partial charge < -0.3 is 14.6 Å². The van der Waals surface area contributed by atoms with Gasteiger partial charge >= 0.3 is 14.6 Å². The molecule has 0 bridgehead atoms. The lowest BCUT2D eigenvalue weighted by molar-refractivity contribution is -0.104. The number of hydrogen-bond acceptors (Lipinski definition) is 6. The van der Waals surface area contributed by atoms with E-state index >= 15 is 0 Å². The van der Waals surface area contributed by atoms with Crippen LogP contribution in [0, 0.1) is 0 Å². The minimum absolute atomic E-state index is 0.177. The minimum Gasteiger partial charge on any atom is -0.426 e. The number of nitrogens with zero attached hydrogens (tertiary/aromatic N) is 1. The molecule has 160 valence electrons. The summed E-state index contributed by atoms with van der Waals surface area (Å²) in [5, 5.41) is 2.53. The van der Waals surface area contributed by atoms with Gasteiger partial charge in [0.15, 0.2) is 0 Å². The van der Waals surface area contributed by atoms with Crippen LogP contribution in [0.15, 0.2) is 36.5 Å². The van der Waals surface area contributed by atoms with Crippen molar-refractivity contribution in [3.05, 3.63) is 42.1 Å². The van der Waals surface area contributed by atoms with Crippen LogP contribution in [0.2, 0.25) is 0 Å². The van der Waals surface area contributed by atoms with Crippen LogP contribution in [-0.4, -0.2) is 50.1 Å². The highest BCUT2D eigenvalue weighted by Gasteiger charge is 2.33. The summed E-state index contributed by atoms with van der Waals surface area (Å²) in [6.07, 6.45) is 4.04. The molecule has 8 nitrogen and oxygen atoms in total. The fraction of sp³-hybridized carbons (Fsp3) is 0.444. The van der Waals surface area contributed by atoms with Crippen molar-refractivity contribution in [3.63, 3.8) is 0 Å². The van der Waals surface area contributed by atoms with E-state index in [1.54, 1.807) is 0 Å². The zero-order valence-electron chi connectivity index (χ0n) is 15.8. The second-order valence-corrected chi connectivity index (χ2v) is 6.97. The average molecular weight is 432 g/mol. The van der Waals surface area contributed by atoms with E-state index in [-0.39, 0.29) is 12.1 Å². The maximum absolute atomic E-state index is 11.9. The Bertz CT molecular complexity index is 696. The van der Waals surface area contributed by atoms with Crippen LogP contribution in [0.5, 0.6) is 5.75 Å². The number of halogens is 2. The molecule has 1 fully saturated rings. The zero-order valence-corrected chi connectivity index (χ0v) is 16.7. The lowest BCUT2D eigenvalue weighted by atomic mass is 10.2. The third kappa shape index (κ3) is 7.01. The lowest BCUT2D eigenvalue weighted by Crippen LogP contribution is -2.41. The fourth-order valence-electron chi connectivity index (χ4n) is 2.71. The molecule has 29 heavy (non-hydrogen) atoms. The van der Waals surface area contributed by atoms with Gasteiger partial charge in [0.2, 0.25) is 6.93 Å². The Hall–Kier alpha value is -2.13. The summed E-state index contributed by atoms with van der Waals surface area (Å²) in [6, 6.07) is 7.34. The topological polar surface area (TPSA) is 86.3 Å². The van der Waals surface area contributed by atoms with Gasteiger partial charge in [-0.1, -0.05) is 18.2 Å². The van der Waals surface area contributed by atoms with Gasteiger partial charge in [-0.2, -0.15) is 0 Å². The first-order chi connectivity index (χ1) is 14.1. The van der Waals surface area contributed by atoms with Crippen LogP contribution in [0.25, 0.3) is 0 Å². The summed E-state index contributed by atoms with van der Waals surface area (Å²) in [7, 11) is 0.0634. The van der Waals surface area contributed by atoms with Crippen molar-refractivity contribution < 1.29 is 36.7 Å². The van der Waals surface area contributed by atoms with Gasteiger partial charge in [-0.3, -0.25) is 18.7 Å². The number of urea groups is 1. The maximum Gasteiger partial charge on any atom is 0.397 e. The average Bonchev–Trinajstić information content (AvgIpc) is 3.21. The van der Waals surface area contributed by atoms with Crippen LogP contribution in [0.3, 0.4) is 0 Å². The number of aldehydes is 1. The van der Waals surface area contributed by atoms with Crippen LogP contribution < -0.4 is 9.84 Å². The summed E-state index contributed by atoms with van der Waals surface area (Å²) >= 11 is 0. The third-order valence-electron chi connectivity index (χ3n) is 4.01. The third-order valence-corrected chi connectivity index (χ3v) is 5.05. The maximum atomic E-state index is 11.9. The normalized spacial score (nSPS) is 22.8. The second kappa shape index (κ2) is 12.4. The van der Waals surface area contributed by atoms with E-state index in [1.165, 1.54) is 24.2 Å². The van der Waals surface area contributed by atoms with Crippen molar-refractivity contribution in [1.82, 2.24) is 10.2 Å². The Kier molecular flexibility index (Phi) is 9.93. The molecular formula is C18H23F2N2O6P. The zero-order chi connectivity index (χ0) is 21.1. The summed E-state index contributed by atoms with van der Waals surface area (Å²) < 4.78 is 42.2. The molecule has 0 radical (unpaired) electrons. The molecule has 3 unspecified atom stereocenters. The van der Waals surface area contributed by atoms with E-state index < -0.39 is 21.8 Å². The molecule has 3 atom stereocenters. The molecule has 1 aromatic carbocycles. The van der Waals surface area contributed by atoms with Crippen LogP contribution in [-0.2, 0) is 25.2 Å². The highest BCUT2D eigenvalue weighted by molar-refractivity contribution is 7.42. The van der Waals surface area contributed by atoms with Gasteiger partial charge in [0.25, 0.3) is 0 Å². The molecule has 0 aliphatic carbocycles. The van der Waals surface area contributed by atoms with Crippen molar-refractivity contribution in [2.75, 3.05) is 20.6 Å². The number of fused-ring (bicyclic) bond motifs is 1. The highest BCUT2D eigenvalue weighted by atomic mass is 31.2. The summed E-state index contributed by atoms with van der Waals surface area (Å²) in [5.74, 6) is 0.778. The molecule has 0 saturated carbocycles. The van der Waals surface area contributed by atoms with Gasteiger partial charge in [0.05, 0.1) is 19.3 Å². The Morgan fingerprint density at radius 3 is 2.86 bits per heavy atom. The SMILES string of the molecule is CNC(=O)N(/C=C\C=O)C1CCC(COP2OCc3ccccc3O2)O1.FCF.